The van der Waals surface area contributed by atoms with E-state index in [0.717, 1.165) is 4.68 Å². The van der Waals surface area contributed by atoms with Crippen molar-refractivity contribution in [1.29, 1.82) is 0 Å². The number of unbranched alkanes of at least 4 members (excludes halogenated alkanes) is 1. The first-order chi connectivity index (χ1) is 8.25. The van der Waals surface area contributed by atoms with Crippen LogP contribution in [0.1, 0.15) is 38.1 Å². The van der Waals surface area contributed by atoms with Gasteiger partial charge in [-0.3, -0.25) is 0 Å². The van der Waals surface area contributed by atoms with Crippen LogP contribution in [0.5, 0.6) is 0 Å². The van der Waals surface area contributed by atoms with E-state index in [1.807, 2.05) is 6.92 Å². The van der Waals surface area contributed by atoms with Crippen molar-refractivity contribution in [1.82, 2.24) is 15.0 Å². The van der Waals surface area contributed by atoms with Crippen LogP contribution < -0.4 is 0 Å². The molecule has 18 heavy (non-hydrogen) atoms. The molecule has 3 nitrogen and oxygen atoms in total. The zero-order valence-electron chi connectivity index (χ0n) is 10.1. The molecule has 0 aliphatic heterocycles. The molecule has 0 spiro atoms. The van der Waals surface area contributed by atoms with Gasteiger partial charge in [0, 0.05) is 6.54 Å². The fraction of sp³-hybridized carbons (Fsp3) is 0.800. The minimum atomic E-state index is -5.65. The number of aromatic nitrogens is 3. The van der Waals surface area contributed by atoms with E-state index >= 15 is 0 Å². The maximum atomic E-state index is 13.3. The van der Waals surface area contributed by atoms with Crippen LogP contribution >= 0.6 is 0 Å². The van der Waals surface area contributed by atoms with Crippen LogP contribution in [0.3, 0.4) is 0 Å². The second-order valence-electron chi connectivity index (χ2n) is 3.88. The molecule has 1 aromatic heterocycles. The van der Waals surface area contributed by atoms with Crippen molar-refractivity contribution in [3.8, 4) is 0 Å². The van der Waals surface area contributed by atoms with Crippen LogP contribution in [0, 0.1) is 0 Å². The topological polar surface area (TPSA) is 30.7 Å². The molecule has 8 heteroatoms. The molecule has 0 unspecified atom stereocenters. The van der Waals surface area contributed by atoms with E-state index in [2.05, 4.69) is 10.3 Å². The standard InChI is InChI=1S/C10H14F5N3/c1-3-5-6-7-8(16-17-18(7)4-2)9(11,12)10(13,14)15/h3-6H2,1-2H3. The van der Waals surface area contributed by atoms with Gasteiger partial charge in [-0.25, -0.2) is 4.68 Å². The number of hydrogen-bond acceptors (Lipinski definition) is 2. The second-order valence-corrected chi connectivity index (χ2v) is 3.88. The molecule has 1 heterocycles. The van der Waals surface area contributed by atoms with Crippen LogP contribution in [-0.4, -0.2) is 21.2 Å². The third-order valence-corrected chi connectivity index (χ3v) is 2.56. The molecule has 0 saturated carbocycles. The summed E-state index contributed by atoms with van der Waals surface area (Å²) in [4.78, 5) is 0. The minimum absolute atomic E-state index is 0.109. The van der Waals surface area contributed by atoms with E-state index in [-0.39, 0.29) is 18.7 Å². The number of alkyl halides is 5. The number of nitrogens with zero attached hydrogens (tertiary/aromatic N) is 3. The Hall–Kier alpha value is -1.21. The van der Waals surface area contributed by atoms with Gasteiger partial charge < -0.3 is 0 Å². The van der Waals surface area contributed by atoms with Gasteiger partial charge in [0.05, 0.1) is 5.69 Å². The van der Waals surface area contributed by atoms with Gasteiger partial charge >= 0.3 is 12.1 Å². The smallest absolute Gasteiger partial charge is 0.249 e. The molecule has 0 bridgehead atoms. The minimum Gasteiger partial charge on any atom is -0.249 e. The zero-order valence-corrected chi connectivity index (χ0v) is 10.1. The highest BCUT2D eigenvalue weighted by molar-refractivity contribution is 5.18. The average Bonchev–Trinajstić information content (AvgIpc) is 2.67. The van der Waals surface area contributed by atoms with Crippen molar-refractivity contribution in [2.24, 2.45) is 0 Å². The van der Waals surface area contributed by atoms with E-state index in [1.54, 1.807) is 6.92 Å². The Kier molecular flexibility index (Phi) is 4.28. The first-order valence-electron chi connectivity index (χ1n) is 5.63. The van der Waals surface area contributed by atoms with E-state index < -0.39 is 17.8 Å². The molecule has 0 radical (unpaired) electrons. The molecule has 0 saturated heterocycles. The summed E-state index contributed by atoms with van der Waals surface area (Å²) in [5, 5.41) is 6.37. The van der Waals surface area contributed by atoms with Crippen molar-refractivity contribution < 1.29 is 22.0 Å². The van der Waals surface area contributed by atoms with Gasteiger partial charge in [0.25, 0.3) is 0 Å². The SMILES string of the molecule is CCCCc1c(C(F)(F)C(F)(F)F)nnn1CC. The maximum Gasteiger partial charge on any atom is 0.459 e. The van der Waals surface area contributed by atoms with Gasteiger partial charge in [-0.15, -0.1) is 5.10 Å². The Morgan fingerprint density at radius 3 is 2.17 bits per heavy atom. The number of rotatable bonds is 5. The van der Waals surface area contributed by atoms with E-state index in [9.17, 15) is 22.0 Å². The van der Waals surface area contributed by atoms with Crippen molar-refractivity contribution in [3.63, 3.8) is 0 Å². The predicted molar refractivity (Wildman–Crippen MR) is 54.3 cm³/mol. The highest BCUT2D eigenvalue weighted by atomic mass is 19.4. The number of aryl methyl sites for hydroxylation is 1. The number of hydrogen-bond donors (Lipinski definition) is 0. The quantitative estimate of drug-likeness (QED) is 0.769. The van der Waals surface area contributed by atoms with Crippen LogP contribution in [0.15, 0.2) is 0 Å². The molecule has 104 valence electrons. The van der Waals surface area contributed by atoms with Crippen LogP contribution in [0.25, 0.3) is 0 Å². The van der Waals surface area contributed by atoms with Crippen LogP contribution in [0.4, 0.5) is 22.0 Å². The third-order valence-electron chi connectivity index (χ3n) is 2.56. The molecule has 0 amide bonds. The maximum absolute atomic E-state index is 13.3. The second kappa shape index (κ2) is 5.19. The molecule has 0 N–H and O–H groups in total. The Morgan fingerprint density at radius 2 is 1.72 bits per heavy atom. The zero-order chi connectivity index (χ0) is 14.0. The summed E-state index contributed by atoms with van der Waals surface area (Å²) >= 11 is 0. The van der Waals surface area contributed by atoms with E-state index in [4.69, 9.17) is 0 Å². The van der Waals surface area contributed by atoms with Crippen molar-refractivity contribution >= 4 is 0 Å². The van der Waals surface area contributed by atoms with Crippen LogP contribution in [-0.2, 0) is 18.9 Å². The molecular formula is C10H14F5N3. The molecule has 1 aromatic rings. The van der Waals surface area contributed by atoms with E-state index in [0.29, 0.717) is 12.8 Å². The van der Waals surface area contributed by atoms with Crippen molar-refractivity contribution in [3.05, 3.63) is 11.4 Å². The molecular weight excluding hydrogens is 257 g/mol. The third kappa shape index (κ3) is 2.62. The first-order valence-corrected chi connectivity index (χ1v) is 5.63. The van der Waals surface area contributed by atoms with E-state index in [1.165, 1.54) is 0 Å². The summed E-state index contributed by atoms with van der Waals surface area (Å²) in [7, 11) is 0. The van der Waals surface area contributed by atoms with Gasteiger partial charge in [-0.1, -0.05) is 18.6 Å². The van der Waals surface area contributed by atoms with Crippen molar-refractivity contribution in [2.45, 2.75) is 51.8 Å². The molecule has 0 aliphatic carbocycles. The fourth-order valence-electron chi connectivity index (χ4n) is 1.56. The molecule has 1 rings (SSSR count). The molecule has 0 fully saturated rings. The summed E-state index contributed by atoms with van der Waals surface area (Å²) in [5.41, 5.74) is -1.41. The Morgan fingerprint density at radius 1 is 1.11 bits per heavy atom. The Labute approximate surface area is 101 Å². The summed E-state index contributed by atoms with van der Waals surface area (Å²) in [5.74, 6) is -4.95. The summed E-state index contributed by atoms with van der Waals surface area (Å²) in [6, 6.07) is 0. The lowest BCUT2D eigenvalue weighted by molar-refractivity contribution is -0.291. The van der Waals surface area contributed by atoms with Gasteiger partial charge in [-0.2, -0.15) is 22.0 Å². The molecule has 0 atom stereocenters. The first kappa shape index (κ1) is 14.8. The van der Waals surface area contributed by atoms with Gasteiger partial charge in [0.2, 0.25) is 0 Å². The van der Waals surface area contributed by atoms with Crippen molar-refractivity contribution in [2.75, 3.05) is 0 Å². The Balaban J connectivity index is 3.20. The summed E-state index contributed by atoms with van der Waals surface area (Å²) in [6.07, 6.45) is -4.35. The normalized spacial score (nSPS) is 13.1. The average molecular weight is 271 g/mol. The lowest BCUT2D eigenvalue weighted by atomic mass is 10.1. The Bertz CT molecular complexity index is 397. The monoisotopic (exact) mass is 271 g/mol. The van der Waals surface area contributed by atoms with Gasteiger partial charge in [0.1, 0.15) is 0 Å². The van der Waals surface area contributed by atoms with Gasteiger partial charge in [-0.05, 0) is 19.8 Å². The largest absolute Gasteiger partial charge is 0.459 e. The summed E-state index contributed by atoms with van der Waals surface area (Å²) < 4.78 is 64.5. The van der Waals surface area contributed by atoms with Gasteiger partial charge in [0.15, 0.2) is 5.69 Å². The highest BCUT2D eigenvalue weighted by Gasteiger charge is 2.61. The summed E-state index contributed by atoms with van der Waals surface area (Å²) in [6.45, 7) is 3.64. The van der Waals surface area contributed by atoms with Crippen LogP contribution in [0.2, 0.25) is 0 Å². The lowest BCUT2D eigenvalue weighted by Crippen LogP contribution is -2.35. The number of halogens is 5. The molecule has 0 aliphatic rings. The predicted octanol–water partition coefficient (Wildman–Crippen LogP) is 3.29. The fourth-order valence-corrected chi connectivity index (χ4v) is 1.56. The highest BCUT2D eigenvalue weighted by Crippen LogP contribution is 2.44. The molecule has 0 aromatic carbocycles. The lowest BCUT2D eigenvalue weighted by Gasteiger charge is -2.18.